The first kappa shape index (κ1) is 16.4. The van der Waals surface area contributed by atoms with Crippen molar-refractivity contribution in [1.29, 1.82) is 0 Å². The van der Waals surface area contributed by atoms with E-state index in [4.69, 9.17) is 10.5 Å². The molecule has 1 rings (SSSR count). The number of carbonyl (C=O) groups is 1. The van der Waals surface area contributed by atoms with Crippen LogP contribution in [0.3, 0.4) is 0 Å². The van der Waals surface area contributed by atoms with Crippen LogP contribution in [-0.4, -0.2) is 56.7 Å². The summed E-state index contributed by atoms with van der Waals surface area (Å²) in [6.07, 6.45) is 4.05. The molecule has 0 spiro atoms. The molecule has 5 nitrogen and oxygen atoms in total. The van der Waals surface area contributed by atoms with Crippen LogP contribution in [0.4, 0.5) is 0 Å². The number of carbonyl (C=O) groups excluding carboxylic acids is 1. The van der Waals surface area contributed by atoms with Crippen molar-refractivity contribution in [2.45, 2.75) is 38.6 Å². The van der Waals surface area contributed by atoms with Crippen LogP contribution in [0, 0.1) is 5.92 Å². The third-order valence-electron chi connectivity index (χ3n) is 3.80. The van der Waals surface area contributed by atoms with Gasteiger partial charge in [0, 0.05) is 26.8 Å². The lowest BCUT2D eigenvalue weighted by molar-refractivity contribution is -0.122. The Morgan fingerprint density at radius 2 is 2.16 bits per heavy atom. The van der Waals surface area contributed by atoms with Gasteiger partial charge in [0.2, 0.25) is 5.91 Å². The van der Waals surface area contributed by atoms with Crippen LogP contribution in [0.1, 0.15) is 32.6 Å². The molecule has 1 unspecified atom stereocenters. The second-order valence-electron chi connectivity index (χ2n) is 5.56. The number of piperidine rings is 1. The number of nitrogens with one attached hydrogen (secondary N) is 1. The molecular formula is C14H29N3O2. The van der Waals surface area contributed by atoms with Crippen LogP contribution in [0.25, 0.3) is 0 Å². The fourth-order valence-corrected chi connectivity index (χ4v) is 2.33. The molecule has 3 N–H and O–H groups in total. The van der Waals surface area contributed by atoms with Gasteiger partial charge in [-0.15, -0.1) is 0 Å². The normalized spacial score (nSPS) is 19.3. The third kappa shape index (κ3) is 6.89. The maximum Gasteiger partial charge on any atom is 0.236 e. The largest absolute Gasteiger partial charge is 0.385 e. The summed E-state index contributed by atoms with van der Waals surface area (Å²) in [4.78, 5) is 14.1. The van der Waals surface area contributed by atoms with Gasteiger partial charge in [-0.2, -0.15) is 0 Å². The lowest BCUT2D eigenvalue weighted by Crippen LogP contribution is -2.44. The number of hydrogen-bond donors (Lipinski definition) is 2. The Hall–Kier alpha value is -0.650. The average molecular weight is 271 g/mol. The maximum atomic E-state index is 11.7. The highest BCUT2D eigenvalue weighted by Gasteiger charge is 2.16. The van der Waals surface area contributed by atoms with Gasteiger partial charge in [-0.05, 0) is 44.7 Å². The highest BCUT2D eigenvalue weighted by atomic mass is 16.5. The molecule has 0 bridgehead atoms. The second kappa shape index (κ2) is 9.28. The molecule has 112 valence electrons. The van der Waals surface area contributed by atoms with E-state index in [1.54, 1.807) is 7.11 Å². The fourth-order valence-electron chi connectivity index (χ4n) is 2.33. The fraction of sp³-hybridized carbons (Fsp3) is 0.929. The number of hydrogen-bond acceptors (Lipinski definition) is 4. The molecule has 1 amide bonds. The number of rotatable bonds is 8. The number of nitrogens with two attached hydrogens (primary N) is 1. The molecule has 19 heavy (non-hydrogen) atoms. The minimum atomic E-state index is -0.406. The zero-order valence-electron chi connectivity index (χ0n) is 12.4. The first-order valence-electron chi connectivity index (χ1n) is 7.38. The van der Waals surface area contributed by atoms with Crippen LogP contribution >= 0.6 is 0 Å². The predicted molar refractivity (Wildman–Crippen MR) is 76.9 cm³/mol. The van der Waals surface area contributed by atoms with Crippen molar-refractivity contribution >= 4 is 5.91 Å². The zero-order chi connectivity index (χ0) is 14.1. The quantitative estimate of drug-likeness (QED) is 0.634. The molecule has 0 aromatic heterocycles. The summed E-state index contributed by atoms with van der Waals surface area (Å²) in [5.41, 5.74) is 5.81. The molecule has 1 saturated heterocycles. The summed E-state index contributed by atoms with van der Waals surface area (Å²) >= 11 is 0. The Balaban J connectivity index is 2.06. The smallest absolute Gasteiger partial charge is 0.236 e. The molecule has 1 aliphatic heterocycles. The first-order chi connectivity index (χ1) is 9.13. The van der Waals surface area contributed by atoms with Crippen molar-refractivity contribution in [1.82, 2.24) is 10.2 Å². The Labute approximate surface area is 116 Å². The summed E-state index contributed by atoms with van der Waals surface area (Å²) < 4.78 is 4.95. The average Bonchev–Trinajstić information content (AvgIpc) is 2.41. The SMILES string of the molecule is COCCCC(N)C(=O)NCCN1CCC(C)CC1. The van der Waals surface area contributed by atoms with Crippen LogP contribution in [0.15, 0.2) is 0 Å². The van der Waals surface area contributed by atoms with Crippen LogP contribution in [-0.2, 0) is 9.53 Å². The van der Waals surface area contributed by atoms with E-state index >= 15 is 0 Å². The van der Waals surface area contributed by atoms with Crippen molar-refractivity contribution in [2.24, 2.45) is 11.7 Å². The third-order valence-corrected chi connectivity index (χ3v) is 3.80. The van der Waals surface area contributed by atoms with E-state index < -0.39 is 6.04 Å². The number of nitrogens with zero attached hydrogens (tertiary/aromatic N) is 1. The maximum absolute atomic E-state index is 11.7. The summed E-state index contributed by atoms with van der Waals surface area (Å²) in [6, 6.07) is -0.406. The van der Waals surface area contributed by atoms with E-state index in [-0.39, 0.29) is 5.91 Å². The number of methoxy groups -OCH3 is 1. The Kier molecular flexibility index (Phi) is 8.02. The molecule has 0 radical (unpaired) electrons. The number of likely N-dealkylation sites (tertiary alicyclic amines) is 1. The molecule has 1 aliphatic rings. The zero-order valence-corrected chi connectivity index (χ0v) is 12.4. The highest BCUT2D eigenvalue weighted by molar-refractivity contribution is 5.81. The van der Waals surface area contributed by atoms with Crippen molar-refractivity contribution in [3.05, 3.63) is 0 Å². The van der Waals surface area contributed by atoms with Gasteiger partial charge in [-0.1, -0.05) is 6.92 Å². The molecule has 5 heteroatoms. The van der Waals surface area contributed by atoms with Crippen molar-refractivity contribution in [3.8, 4) is 0 Å². The topological polar surface area (TPSA) is 67.6 Å². The van der Waals surface area contributed by atoms with Crippen LogP contribution < -0.4 is 11.1 Å². The summed E-state index contributed by atoms with van der Waals surface area (Å²) in [5, 5.41) is 2.92. The minimum Gasteiger partial charge on any atom is -0.385 e. The summed E-state index contributed by atoms with van der Waals surface area (Å²) in [7, 11) is 1.66. The van der Waals surface area contributed by atoms with Gasteiger partial charge in [0.1, 0.15) is 0 Å². The minimum absolute atomic E-state index is 0.0403. The molecule has 0 aromatic carbocycles. The van der Waals surface area contributed by atoms with E-state index in [9.17, 15) is 4.79 Å². The van der Waals surface area contributed by atoms with Crippen LogP contribution in [0.2, 0.25) is 0 Å². The van der Waals surface area contributed by atoms with Gasteiger partial charge in [-0.25, -0.2) is 0 Å². The molecule has 1 atom stereocenters. The van der Waals surface area contributed by atoms with Crippen LogP contribution in [0.5, 0.6) is 0 Å². The summed E-state index contributed by atoms with van der Waals surface area (Å²) in [5.74, 6) is 0.807. The molecule has 1 heterocycles. The van der Waals surface area contributed by atoms with E-state index in [0.29, 0.717) is 19.6 Å². The predicted octanol–water partition coefficient (Wildman–Crippen LogP) is 0.588. The molecule has 0 aliphatic carbocycles. The van der Waals surface area contributed by atoms with Gasteiger partial charge in [0.15, 0.2) is 0 Å². The highest BCUT2D eigenvalue weighted by Crippen LogP contribution is 2.15. The Morgan fingerprint density at radius 3 is 2.79 bits per heavy atom. The van der Waals surface area contributed by atoms with Gasteiger partial charge >= 0.3 is 0 Å². The van der Waals surface area contributed by atoms with E-state index in [2.05, 4.69) is 17.1 Å². The van der Waals surface area contributed by atoms with Crippen molar-refractivity contribution < 1.29 is 9.53 Å². The summed E-state index contributed by atoms with van der Waals surface area (Å²) in [6.45, 7) is 6.90. The molecule has 1 fully saturated rings. The van der Waals surface area contributed by atoms with Crippen molar-refractivity contribution in [3.63, 3.8) is 0 Å². The lowest BCUT2D eigenvalue weighted by atomic mass is 9.99. The lowest BCUT2D eigenvalue weighted by Gasteiger charge is -2.30. The second-order valence-corrected chi connectivity index (χ2v) is 5.56. The molecule has 0 aromatic rings. The number of ether oxygens (including phenoxy) is 1. The Morgan fingerprint density at radius 1 is 1.47 bits per heavy atom. The van der Waals surface area contributed by atoms with Crippen molar-refractivity contribution in [2.75, 3.05) is 39.9 Å². The monoisotopic (exact) mass is 271 g/mol. The van der Waals surface area contributed by atoms with Gasteiger partial charge in [0.05, 0.1) is 6.04 Å². The van der Waals surface area contributed by atoms with Gasteiger partial charge < -0.3 is 20.7 Å². The standard InChI is InChI=1S/C14H29N3O2/c1-12-5-8-17(9-6-12)10-7-16-14(18)13(15)4-3-11-19-2/h12-13H,3-11,15H2,1-2H3,(H,16,18). The first-order valence-corrected chi connectivity index (χ1v) is 7.38. The van der Waals surface area contributed by atoms with Gasteiger partial charge in [-0.3, -0.25) is 4.79 Å². The molecule has 0 saturated carbocycles. The molecular weight excluding hydrogens is 242 g/mol. The van der Waals surface area contributed by atoms with E-state index in [1.807, 2.05) is 0 Å². The van der Waals surface area contributed by atoms with E-state index in [1.165, 1.54) is 12.8 Å². The van der Waals surface area contributed by atoms with E-state index in [0.717, 1.165) is 32.0 Å². The van der Waals surface area contributed by atoms with Gasteiger partial charge in [0.25, 0.3) is 0 Å². The number of amides is 1. The Bertz CT molecular complexity index is 253.